The Kier molecular flexibility index (Phi) is 12.5. The Labute approximate surface area is 282 Å². The van der Waals surface area contributed by atoms with Gasteiger partial charge in [0.1, 0.15) is 11.5 Å². The maximum Gasteiger partial charge on any atom is 0.333 e. The number of carbonyl (C=O) groups is 3. The van der Waals surface area contributed by atoms with E-state index in [4.69, 9.17) is 18.9 Å². The van der Waals surface area contributed by atoms with Crippen LogP contribution in [0.15, 0.2) is 121 Å². The van der Waals surface area contributed by atoms with E-state index in [9.17, 15) is 14.4 Å². The van der Waals surface area contributed by atoms with Gasteiger partial charge in [0.25, 0.3) is 0 Å². The molecule has 2 atom stereocenters. The first-order chi connectivity index (χ1) is 23.0. The summed E-state index contributed by atoms with van der Waals surface area (Å²) < 4.78 is 22.1. The van der Waals surface area contributed by atoms with Gasteiger partial charge in [0.15, 0.2) is 5.78 Å². The first-order valence-electron chi connectivity index (χ1n) is 15.9. The highest BCUT2D eigenvalue weighted by Crippen LogP contribution is 2.26. The summed E-state index contributed by atoms with van der Waals surface area (Å²) in [4.78, 5) is 36.4. The number of ketones is 1. The van der Waals surface area contributed by atoms with E-state index in [1.54, 1.807) is 13.8 Å². The zero-order valence-corrected chi connectivity index (χ0v) is 28.0. The predicted octanol–water partition coefficient (Wildman–Crippen LogP) is 8.52. The predicted molar refractivity (Wildman–Crippen MR) is 188 cm³/mol. The number of benzene rings is 4. The normalized spacial score (nSPS) is 11.9. The van der Waals surface area contributed by atoms with Gasteiger partial charge in [-0.05, 0) is 60.4 Å². The van der Waals surface area contributed by atoms with Gasteiger partial charge in [-0.2, -0.15) is 0 Å². The van der Waals surface area contributed by atoms with Crippen molar-refractivity contribution in [3.05, 3.63) is 132 Å². The van der Waals surface area contributed by atoms with Crippen molar-refractivity contribution in [2.75, 3.05) is 26.4 Å². The fourth-order valence-electron chi connectivity index (χ4n) is 4.54. The third kappa shape index (κ3) is 10.3. The number of hydrogen-bond donors (Lipinski definition) is 0. The fraction of sp³-hybridized carbons (Fsp3) is 0.244. The van der Waals surface area contributed by atoms with E-state index in [-0.39, 0.29) is 30.8 Å². The third-order valence-electron chi connectivity index (χ3n) is 7.43. The van der Waals surface area contributed by atoms with Crippen LogP contribution in [0, 0.1) is 11.8 Å². The van der Waals surface area contributed by atoms with Gasteiger partial charge >= 0.3 is 11.9 Å². The molecule has 0 saturated carbocycles. The Morgan fingerprint density at radius 2 is 0.792 bits per heavy atom. The summed E-state index contributed by atoms with van der Waals surface area (Å²) in [6.07, 6.45) is 0. The molecule has 248 valence electrons. The minimum atomic E-state index is -0.396. The van der Waals surface area contributed by atoms with Crippen molar-refractivity contribution in [3.8, 4) is 33.8 Å². The second-order valence-electron chi connectivity index (χ2n) is 12.1. The zero-order chi connectivity index (χ0) is 34.6. The highest BCUT2D eigenvalue weighted by Gasteiger charge is 2.12. The Morgan fingerprint density at radius 3 is 1.08 bits per heavy atom. The monoisotopic (exact) mass is 646 g/mol. The van der Waals surface area contributed by atoms with E-state index in [0.717, 1.165) is 33.8 Å². The lowest BCUT2D eigenvalue weighted by Crippen LogP contribution is -2.18. The van der Waals surface area contributed by atoms with E-state index < -0.39 is 11.9 Å². The third-order valence-corrected chi connectivity index (χ3v) is 7.43. The van der Waals surface area contributed by atoms with Crippen LogP contribution in [0.1, 0.15) is 43.6 Å². The summed E-state index contributed by atoms with van der Waals surface area (Å²) in [6.45, 7) is 15.7. The van der Waals surface area contributed by atoms with Crippen molar-refractivity contribution < 1.29 is 33.3 Å². The van der Waals surface area contributed by atoms with Crippen LogP contribution in [0.25, 0.3) is 22.3 Å². The lowest BCUT2D eigenvalue weighted by atomic mass is 9.97. The molecule has 4 aromatic rings. The molecule has 7 heteroatoms. The number of esters is 2. The van der Waals surface area contributed by atoms with E-state index in [1.807, 2.05) is 111 Å². The van der Waals surface area contributed by atoms with Gasteiger partial charge in [0.2, 0.25) is 0 Å². The average molecular weight is 647 g/mol. The number of hydrogen-bond acceptors (Lipinski definition) is 7. The quantitative estimate of drug-likeness (QED) is 0.0685. The van der Waals surface area contributed by atoms with Crippen LogP contribution >= 0.6 is 0 Å². The fourth-order valence-corrected chi connectivity index (χ4v) is 4.54. The summed E-state index contributed by atoms with van der Waals surface area (Å²) in [5.74, 6) is 0.679. The lowest BCUT2D eigenvalue weighted by molar-refractivity contribution is -0.141. The lowest BCUT2D eigenvalue weighted by Gasteiger charge is -2.14. The van der Waals surface area contributed by atoms with Crippen LogP contribution < -0.4 is 9.47 Å². The highest BCUT2D eigenvalue weighted by molar-refractivity contribution is 6.09. The summed E-state index contributed by atoms with van der Waals surface area (Å²) in [5, 5.41) is 0. The van der Waals surface area contributed by atoms with Crippen molar-refractivity contribution in [1.82, 2.24) is 0 Å². The summed E-state index contributed by atoms with van der Waals surface area (Å²) >= 11 is 0. The maximum absolute atomic E-state index is 13.2. The molecule has 0 heterocycles. The van der Waals surface area contributed by atoms with E-state index in [1.165, 1.54) is 0 Å². The molecule has 0 spiro atoms. The molecule has 0 bridgehead atoms. The molecule has 0 aliphatic carbocycles. The zero-order valence-electron chi connectivity index (χ0n) is 28.0. The summed E-state index contributed by atoms with van der Waals surface area (Å²) in [5.41, 5.74) is 5.95. The van der Waals surface area contributed by atoms with Crippen LogP contribution in [0.5, 0.6) is 11.5 Å². The second-order valence-corrected chi connectivity index (χ2v) is 12.1. The highest BCUT2D eigenvalue weighted by atomic mass is 16.5. The molecular weight excluding hydrogens is 604 g/mol. The molecule has 0 aliphatic rings. The number of rotatable bonds is 16. The summed E-state index contributed by atoms with van der Waals surface area (Å²) in [7, 11) is 0. The summed E-state index contributed by atoms with van der Waals surface area (Å²) in [6, 6.07) is 30.6. The van der Waals surface area contributed by atoms with E-state index in [2.05, 4.69) is 13.2 Å². The van der Waals surface area contributed by atoms with Crippen LogP contribution in [0.4, 0.5) is 0 Å². The Bertz CT molecular complexity index is 1590. The topological polar surface area (TPSA) is 88.1 Å². The first-order valence-corrected chi connectivity index (χ1v) is 15.9. The molecule has 0 aromatic heterocycles. The van der Waals surface area contributed by atoms with Crippen LogP contribution in [-0.2, 0) is 19.1 Å². The van der Waals surface area contributed by atoms with Crippen molar-refractivity contribution >= 4 is 17.7 Å². The van der Waals surface area contributed by atoms with Crippen molar-refractivity contribution in [3.63, 3.8) is 0 Å². The molecular formula is C41H42O7. The second kappa shape index (κ2) is 16.9. The van der Waals surface area contributed by atoms with Gasteiger partial charge < -0.3 is 18.9 Å². The molecule has 0 N–H and O–H groups in total. The molecule has 4 rings (SSSR count). The Morgan fingerprint density at radius 1 is 0.500 bits per heavy atom. The standard InChI is InChI=1S/C41H42O7/c1-27(2)40(43)47-25-29(5)23-45-37-19-15-33(16-20-37)31-7-11-35(12-8-31)39(42)36-13-9-32(10-14-36)34-17-21-38(22-18-34)46-24-30(6)26-48-41(44)28(3)4/h7-22,29-30H,1,3,23-26H2,2,4-6H3. The van der Waals surface area contributed by atoms with Crippen LogP contribution in [0.3, 0.4) is 0 Å². The van der Waals surface area contributed by atoms with Crippen LogP contribution in [0.2, 0.25) is 0 Å². The number of carbonyl (C=O) groups excluding carboxylic acids is 3. The molecule has 48 heavy (non-hydrogen) atoms. The average Bonchev–Trinajstić information content (AvgIpc) is 3.11. The van der Waals surface area contributed by atoms with Gasteiger partial charge in [-0.3, -0.25) is 4.79 Å². The van der Waals surface area contributed by atoms with Gasteiger partial charge in [-0.25, -0.2) is 9.59 Å². The SMILES string of the molecule is C=C(C)C(=O)OCC(C)COc1ccc(-c2ccc(C(=O)c3ccc(-c4ccc(OCC(C)COC(=O)C(=C)C)cc4)cc3)cc2)cc1. The van der Waals surface area contributed by atoms with Gasteiger partial charge in [-0.15, -0.1) is 0 Å². The molecule has 0 amide bonds. The van der Waals surface area contributed by atoms with Crippen LogP contribution in [-0.4, -0.2) is 44.1 Å². The molecule has 7 nitrogen and oxygen atoms in total. The molecule has 4 aromatic carbocycles. The van der Waals surface area contributed by atoms with Gasteiger partial charge in [-0.1, -0.05) is 99.8 Å². The minimum Gasteiger partial charge on any atom is -0.493 e. The Hall–Kier alpha value is -5.43. The van der Waals surface area contributed by atoms with Gasteiger partial charge in [0.05, 0.1) is 26.4 Å². The van der Waals surface area contributed by atoms with Crippen molar-refractivity contribution in [2.24, 2.45) is 11.8 Å². The largest absolute Gasteiger partial charge is 0.493 e. The smallest absolute Gasteiger partial charge is 0.333 e. The Balaban J connectivity index is 1.27. The first kappa shape index (κ1) is 35.4. The molecule has 0 aliphatic heterocycles. The molecule has 0 radical (unpaired) electrons. The number of ether oxygens (including phenoxy) is 4. The molecule has 0 saturated heterocycles. The molecule has 0 fully saturated rings. The van der Waals surface area contributed by atoms with E-state index >= 15 is 0 Å². The van der Waals surface area contributed by atoms with Crippen molar-refractivity contribution in [2.45, 2.75) is 27.7 Å². The minimum absolute atomic E-state index is 0.0369. The van der Waals surface area contributed by atoms with Crippen molar-refractivity contribution in [1.29, 1.82) is 0 Å². The van der Waals surface area contributed by atoms with Gasteiger partial charge in [0, 0.05) is 34.1 Å². The maximum atomic E-state index is 13.2. The molecule has 2 unspecified atom stereocenters. The van der Waals surface area contributed by atoms with E-state index in [0.29, 0.717) is 35.5 Å².